The minimum Gasteiger partial charge on any atom is -0.366 e. The van der Waals surface area contributed by atoms with Crippen LogP contribution in [-0.2, 0) is 14.4 Å². The predicted octanol–water partition coefficient (Wildman–Crippen LogP) is 3.12. The van der Waals surface area contributed by atoms with Gasteiger partial charge in [0.15, 0.2) is 0 Å². The molecule has 2 fully saturated rings. The van der Waals surface area contributed by atoms with Crippen LogP contribution in [0.3, 0.4) is 0 Å². The van der Waals surface area contributed by atoms with Crippen LogP contribution in [0.5, 0.6) is 0 Å². The van der Waals surface area contributed by atoms with Gasteiger partial charge in [0, 0.05) is 17.0 Å². The molecule has 7 nitrogen and oxygen atoms in total. The molecule has 7 heteroatoms. The van der Waals surface area contributed by atoms with Crippen molar-refractivity contribution in [3.05, 3.63) is 29.8 Å². The topological polar surface area (TPSA) is 101 Å². The van der Waals surface area contributed by atoms with E-state index in [1.165, 1.54) is 24.3 Å². The number of nitrogens with zero attached hydrogens (tertiary/aromatic N) is 2. The molecular formula is C24H33N3O4. The van der Waals surface area contributed by atoms with Gasteiger partial charge in [0.25, 0.3) is 5.91 Å². The summed E-state index contributed by atoms with van der Waals surface area (Å²) in [5.41, 5.74) is 5.00. The maximum absolute atomic E-state index is 13.7. The van der Waals surface area contributed by atoms with Crippen molar-refractivity contribution in [2.45, 2.75) is 72.9 Å². The summed E-state index contributed by atoms with van der Waals surface area (Å²) in [7, 11) is 0. The van der Waals surface area contributed by atoms with Gasteiger partial charge in [-0.3, -0.25) is 19.2 Å². The van der Waals surface area contributed by atoms with E-state index in [2.05, 4.69) is 27.7 Å². The lowest BCUT2D eigenvalue weighted by Crippen LogP contribution is -2.56. The third-order valence-electron chi connectivity index (χ3n) is 7.87. The SMILES string of the molecule is CCC(C)(C)N(C(=O)C1C(C)(C)C1(C)C)C1CC(=O)N(c2ccc(C(N)=O)cc2)C1=O. The van der Waals surface area contributed by atoms with Gasteiger partial charge < -0.3 is 10.6 Å². The molecule has 31 heavy (non-hydrogen) atoms. The van der Waals surface area contributed by atoms with E-state index in [4.69, 9.17) is 5.73 Å². The number of hydrogen-bond acceptors (Lipinski definition) is 4. The number of hydrogen-bond donors (Lipinski definition) is 1. The molecule has 0 aromatic heterocycles. The summed E-state index contributed by atoms with van der Waals surface area (Å²) in [5, 5.41) is 0. The largest absolute Gasteiger partial charge is 0.366 e. The van der Waals surface area contributed by atoms with E-state index in [0.717, 1.165) is 4.90 Å². The molecule has 1 aliphatic carbocycles. The predicted molar refractivity (Wildman–Crippen MR) is 118 cm³/mol. The van der Waals surface area contributed by atoms with Crippen molar-refractivity contribution in [3.63, 3.8) is 0 Å². The van der Waals surface area contributed by atoms with Crippen LogP contribution >= 0.6 is 0 Å². The summed E-state index contributed by atoms with van der Waals surface area (Å²) in [4.78, 5) is 54.1. The average molecular weight is 428 g/mol. The minimum absolute atomic E-state index is 0.0564. The molecule has 2 aliphatic rings. The normalized spacial score (nSPS) is 22.5. The number of anilines is 1. The van der Waals surface area contributed by atoms with Crippen molar-refractivity contribution in [2.24, 2.45) is 22.5 Å². The first kappa shape index (κ1) is 23.0. The Morgan fingerprint density at radius 2 is 1.61 bits per heavy atom. The Labute approximate surface area is 183 Å². The van der Waals surface area contributed by atoms with E-state index in [0.29, 0.717) is 17.7 Å². The first-order chi connectivity index (χ1) is 14.2. The van der Waals surface area contributed by atoms with Gasteiger partial charge in [-0.15, -0.1) is 0 Å². The zero-order chi connectivity index (χ0) is 23.5. The highest BCUT2D eigenvalue weighted by molar-refractivity contribution is 6.23. The Morgan fingerprint density at radius 3 is 2.03 bits per heavy atom. The maximum Gasteiger partial charge on any atom is 0.257 e. The van der Waals surface area contributed by atoms with Gasteiger partial charge in [-0.25, -0.2) is 4.90 Å². The lowest BCUT2D eigenvalue weighted by molar-refractivity contribution is -0.147. The van der Waals surface area contributed by atoms with Gasteiger partial charge in [-0.1, -0.05) is 34.6 Å². The molecule has 1 saturated carbocycles. The van der Waals surface area contributed by atoms with Crippen LogP contribution in [0, 0.1) is 16.7 Å². The molecule has 0 radical (unpaired) electrons. The number of carbonyl (C=O) groups is 4. The van der Waals surface area contributed by atoms with Gasteiger partial charge in [-0.2, -0.15) is 0 Å². The van der Waals surface area contributed by atoms with E-state index in [1.807, 2.05) is 20.8 Å². The fourth-order valence-corrected chi connectivity index (χ4v) is 4.86. The number of primary amides is 1. The van der Waals surface area contributed by atoms with Crippen LogP contribution in [0.1, 0.15) is 71.7 Å². The second-order valence-corrected chi connectivity index (χ2v) is 10.4. The fourth-order valence-electron chi connectivity index (χ4n) is 4.86. The lowest BCUT2D eigenvalue weighted by Gasteiger charge is -2.41. The third kappa shape index (κ3) is 3.44. The summed E-state index contributed by atoms with van der Waals surface area (Å²) in [6.45, 7) is 14.1. The smallest absolute Gasteiger partial charge is 0.257 e. The van der Waals surface area contributed by atoms with Crippen molar-refractivity contribution >= 4 is 29.3 Å². The Morgan fingerprint density at radius 1 is 1.10 bits per heavy atom. The van der Waals surface area contributed by atoms with Crippen molar-refractivity contribution in [2.75, 3.05) is 4.90 Å². The molecule has 1 aromatic carbocycles. The number of imide groups is 1. The number of carbonyl (C=O) groups excluding carboxylic acids is 4. The molecule has 168 valence electrons. The van der Waals surface area contributed by atoms with Crippen molar-refractivity contribution < 1.29 is 19.2 Å². The Bertz CT molecular complexity index is 932. The van der Waals surface area contributed by atoms with Crippen molar-refractivity contribution in [3.8, 4) is 0 Å². The van der Waals surface area contributed by atoms with Crippen LogP contribution in [0.4, 0.5) is 5.69 Å². The molecular weight excluding hydrogens is 394 g/mol. The quantitative estimate of drug-likeness (QED) is 0.705. The zero-order valence-electron chi connectivity index (χ0n) is 19.5. The van der Waals surface area contributed by atoms with Gasteiger partial charge in [0.2, 0.25) is 17.7 Å². The molecule has 1 aliphatic heterocycles. The Kier molecular flexibility index (Phi) is 5.32. The molecule has 2 N–H and O–H groups in total. The highest BCUT2D eigenvalue weighted by Gasteiger charge is 2.70. The average Bonchev–Trinajstić information content (AvgIpc) is 2.91. The van der Waals surface area contributed by atoms with Gasteiger partial charge in [0.05, 0.1) is 12.1 Å². The summed E-state index contributed by atoms with van der Waals surface area (Å²) in [6, 6.07) is 5.18. The molecule has 3 rings (SSSR count). The summed E-state index contributed by atoms with van der Waals surface area (Å²) >= 11 is 0. The highest BCUT2D eigenvalue weighted by Crippen LogP contribution is 2.69. The van der Waals surface area contributed by atoms with Crippen LogP contribution in [0.2, 0.25) is 0 Å². The van der Waals surface area contributed by atoms with E-state index >= 15 is 0 Å². The van der Waals surface area contributed by atoms with Crippen molar-refractivity contribution in [1.29, 1.82) is 0 Å². The summed E-state index contributed by atoms with van der Waals surface area (Å²) in [5.74, 6) is -1.64. The minimum atomic E-state index is -0.849. The molecule has 0 spiro atoms. The van der Waals surface area contributed by atoms with Gasteiger partial charge >= 0.3 is 0 Å². The number of amides is 4. The van der Waals surface area contributed by atoms with E-state index in [1.54, 1.807) is 4.90 Å². The van der Waals surface area contributed by atoms with Crippen LogP contribution in [0.25, 0.3) is 0 Å². The zero-order valence-corrected chi connectivity index (χ0v) is 19.5. The molecule has 1 unspecified atom stereocenters. The van der Waals surface area contributed by atoms with Crippen molar-refractivity contribution in [1.82, 2.24) is 4.90 Å². The summed E-state index contributed by atoms with van der Waals surface area (Å²) < 4.78 is 0. The lowest BCUT2D eigenvalue weighted by atomic mass is 9.94. The maximum atomic E-state index is 13.7. The van der Waals surface area contributed by atoms with E-state index in [-0.39, 0.29) is 35.0 Å². The Hall–Kier alpha value is -2.70. The van der Waals surface area contributed by atoms with Crippen LogP contribution in [-0.4, -0.2) is 40.1 Å². The highest BCUT2D eigenvalue weighted by atomic mass is 16.2. The van der Waals surface area contributed by atoms with Gasteiger partial charge in [-0.05, 0) is 55.4 Å². The number of rotatable bonds is 6. The Balaban J connectivity index is 1.96. The fraction of sp³-hybridized carbons (Fsp3) is 0.583. The molecule has 1 saturated heterocycles. The molecule has 4 amide bonds. The third-order valence-corrected chi connectivity index (χ3v) is 7.87. The molecule has 1 heterocycles. The van der Waals surface area contributed by atoms with E-state index < -0.39 is 23.4 Å². The summed E-state index contributed by atoms with van der Waals surface area (Å²) in [6.07, 6.45) is 0.594. The van der Waals surface area contributed by atoms with E-state index in [9.17, 15) is 19.2 Å². The first-order valence-corrected chi connectivity index (χ1v) is 10.8. The second-order valence-electron chi connectivity index (χ2n) is 10.4. The van der Waals surface area contributed by atoms with Crippen LogP contribution < -0.4 is 10.6 Å². The molecule has 0 bridgehead atoms. The standard InChI is InChI=1S/C24H33N3O4/c1-8-22(2,3)27(21(31)18-23(4,5)24(18,6)7)16-13-17(28)26(20(16)30)15-11-9-14(10-12-15)19(25)29/h9-12,16,18H,8,13H2,1-7H3,(H2,25,29). The number of benzene rings is 1. The monoisotopic (exact) mass is 427 g/mol. The first-order valence-electron chi connectivity index (χ1n) is 10.8. The second kappa shape index (κ2) is 7.18. The van der Waals surface area contributed by atoms with Crippen LogP contribution in [0.15, 0.2) is 24.3 Å². The molecule has 1 atom stereocenters. The van der Waals surface area contributed by atoms with Gasteiger partial charge in [0.1, 0.15) is 6.04 Å². The molecule has 1 aromatic rings. The number of nitrogens with two attached hydrogens (primary N) is 1.